The molecule has 1 fully saturated rings. The minimum Gasteiger partial charge on any atom is -0.352 e. The Morgan fingerprint density at radius 2 is 2.17 bits per heavy atom. The quantitative estimate of drug-likeness (QED) is 0.819. The molecule has 8 heteroatoms. The molecule has 0 radical (unpaired) electrons. The molecule has 130 valence electrons. The molecule has 3 rings (SSSR count). The fourth-order valence-corrected chi connectivity index (χ4v) is 4.44. The van der Waals surface area contributed by atoms with Crippen molar-refractivity contribution in [1.29, 1.82) is 0 Å². The lowest BCUT2D eigenvalue weighted by Gasteiger charge is -2.29. The number of carbonyl (C=O) groups is 1. The largest absolute Gasteiger partial charge is 0.352 e. The minimum absolute atomic E-state index is 0.0704. The summed E-state index contributed by atoms with van der Waals surface area (Å²) in [6.07, 6.45) is 1.80. The SMILES string of the molecule is CC1CC(NC(=O)CN(C)C2=NS(=O)(=O)c3ccccc32)CCN1. The monoisotopic (exact) mass is 350 g/mol. The number of carbonyl (C=O) groups excluding carboxylic acids is 1. The molecule has 1 amide bonds. The normalized spacial score (nSPS) is 24.8. The van der Waals surface area contributed by atoms with E-state index >= 15 is 0 Å². The third-order valence-electron chi connectivity index (χ3n) is 4.34. The highest BCUT2D eigenvalue weighted by Gasteiger charge is 2.31. The van der Waals surface area contributed by atoms with E-state index in [1.165, 1.54) is 6.07 Å². The van der Waals surface area contributed by atoms with E-state index in [1.807, 2.05) is 0 Å². The van der Waals surface area contributed by atoms with Crippen LogP contribution in [0.3, 0.4) is 0 Å². The average Bonchev–Trinajstić information content (AvgIpc) is 2.79. The number of hydrogen-bond acceptors (Lipinski definition) is 5. The molecule has 2 atom stereocenters. The lowest BCUT2D eigenvalue weighted by atomic mass is 10.0. The van der Waals surface area contributed by atoms with Crippen LogP contribution in [0.25, 0.3) is 0 Å². The third kappa shape index (κ3) is 3.44. The summed E-state index contributed by atoms with van der Waals surface area (Å²) in [4.78, 5) is 14.1. The zero-order chi connectivity index (χ0) is 17.3. The van der Waals surface area contributed by atoms with Gasteiger partial charge in [-0.3, -0.25) is 4.79 Å². The van der Waals surface area contributed by atoms with Gasteiger partial charge in [0.2, 0.25) is 5.91 Å². The molecule has 0 bridgehead atoms. The topological polar surface area (TPSA) is 90.9 Å². The molecule has 0 saturated carbocycles. The lowest BCUT2D eigenvalue weighted by molar-refractivity contribution is -0.122. The van der Waals surface area contributed by atoms with Gasteiger partial charge in [0.05, 0.1) is 6.54 Å². The number of rotatable bonds is 3. The van der Waals surface area contributed by atoms with E-state index in [-0.39, 0.29) is 23.4 Å². The number of nitrogens with one attached hydrogen (secondary N) is 2. The first-order chi connectivity index (χ1) is 11.4. The Hall–Kier alpha value is -1.93. The van der Waals surface area contributed by atoms with Crippen molar-refractivity contribution in [2.75, 3.05) is 20.1 Å². The van der Waals surface area contributed by atoms with Gasteiger partial charge in [-0.1, -0.05) is 12.1 Å². The molecule has 0 aromatic heterocycles. The van der Waals surface area contributed by atoms with E-state index in [0.29, 0.717) is 17.4 Å². The van der Waals surface area contributed by atoms with Crippen molar-refractivity contribution in [3.63, 3.8) is 0 Å². The van der Waals surface area contributed by atoms with E-state index in [2.05, 4.69) is 22.0 Å². The van der Waals surface area contributed by atoms with Crippen molar-refractivity contribution in [1.82, 2.24) is 15.5 Å². The first-order valence-corrected chi connectivity index (χ1v) is 9.49. The number of likely N-dealkylation sites (N-methyl/N-ethyl adjacent to an activating group) is 1. The summed E-state index contributed by atoms with van der Waals surface area (Å²) in [7, 11) is -1.98. The fourth-order valence-electron chi connectivity index (χ4n) is 3.19. The summed E-state index contributed by atoms with van der Waals surface area (Å²) in [5.74, 6) is 0.195. The van der Waals surface area contributed by atoms with Gasteiger partial charge in [0.1, 0.15) is 4.90 Å². The third-order valence-corrected chi connectivity index (χ3v) is 5.67. The van der Waals surface area contributed by atoms with Crippen molar-refractivity contribution in [3.05, 3.63) is 29.8 Å². The van der Waals surface area contributed by atoms with Crippen molar-refractivity contribution in [2.45, 2.75) is 36.7 Å². The Morgan fingerprint density at radius 3 is 2.92 bits per heavy atom. The van der Waals surface area contributed by atoms with Crippen LogP contribution in [0.1, 0.15) is 25.3 Å². The van der Waals surface area contributed by atoms with Gasteiger partial charge >= 0.3 is 0 Å². The first-order valence-electron chi connectivity index (χ1n) is 8.05. The van der Waals surface area contributed by atoms with E-state index < -0.39 is 10.0 Å². The van der Waals surface area contributed by atoms with Crippen LogP contribution in [-0.4, -0.2) is 57.3 Å². The van der Waals surface area contributed by atoms with Crippen molar-refractivity contribution in [2.24, 2.45) is 4.40 Å². The fraction of sp³-hybridized carbons (Fsp3) is 0.500. The number of hydrogen-bond donors (Lipinski definition) is 2. The summed E-state index contributed by atoms with van der Waals surface area (Å²) in [5, 5.41) is 6.37. The van der Waals surface area contributed by atoms with Gasteiger partial charge in [0.25, 0.3) is 10.0 Å². The Bertz CT molecular complexity index is 775. The number of amides is 1. The highest BCUT2D eigenvalue weighted by atomic mass is 32.2. The van der Waals surface area contributed by atoms with Crippen LogP contribution < -0.4 is 10.6 Å². The summed E-state index contributed by atoms with van der Waals surface area (Å²) >= 11 is 0. The van der Waals surface area contributed by atoms with Crippen molar-refractivity contribution < 1.29 is 13.2 Å². The van der Waals surface area contributed by atoms with Gasteiger partial charge in [-0.2, -0.15) is 8.42 Å². The Morgan fingerprint density at radius 1 is 1.42 bits per heavy atom. The Kier molecular flexibility index (Phi) is 4.60. The molecular weight excluding hydrogens is 328 g/mol. The number of amidine groups is 1. The molecule has 1 aromatic rings. The smallest absolute Gasteiger partial charge is 0.285 e. The molecule has 1 saturated heterocycles. The molecule has 2 heterocycles. The minimum atomic E-state index is -3.66. The van der Waals surface area contributed by atoms with Crippen LogP contribution in [0.4, 0.5) is 0 Å². The van der Waals surface area contributed by atoms with Crippen LogP contribution in [0.2, 0.25) is 0 Å². The second kappa shape index (κ2) is 6.52. The molecule has 24 heavy (non-hydrogen) atoms. The number of nitrogens with zero attached hydrogens (tertiary/aromatic N) is 2. The van der Waals surface area contributed by atoms with Gasteiger partial charge in [0.15, 0.2) is 5.84 Å². The molecule has 7 nitrogen and oxygen atoms in total. The molecule has 0 aliphatic carbocycles. The van der Waals surface area contributed by atoms with E-state index in [9.17, 15) is 13.2 Å². The molecule has 1 aromatic carbocycles. The molecule has 2 aliphatic heterocycles. The second-order valence-electron chi connectivity index (χ2n) is 6.39. The maximum absolute atomic E-state index is 12.3. The van der Waals surface area contributed by atoms with Crippen LogP contribution in [0.15, 0.2) is 33.6 Å². The van der Waals surface area contributed by atoms with Gasteiger partial charge in [-0.05, 0) is 38.4 Å². The Labute approximate surface area is 142 Å². The van der Waals surface area contributed by atoms with Gasteiger partial charge < -0.3 is 15.5 Å². The van der Waals surface area contributed by atoms with Crippen molar-refractivity contribution in [3.8, 4) is 0 Å². The number of piperidine rings is 1. The molecule has 0 spiro atoms. The summed E-state index contributed by atoms with van der Waals surface area (Å²) < 4.78 is 28.0. The van der Waals surface area contributed by atoms with Crippen LogP contribution >= 0.6 is 0 Å². The number of fused-ring (bicyclic) bond motifs is 1. The summed E-state index contributed by atoms with van der Waals surface area (Å²) in [5.41, 5.74) is 0.545. The average molecular weight is 350 g/mol. The van der Waals surface area contributed by atoms with E-state index in [1.54, 1.807) is 30.1 Å². The number of benzene rings is 1. The maximum Gasteiger partial charge on any atom is 0.285 e. The van der Waals surface area contributed by atoms with Crippen LogP contribution in [-0.2, 0) is 14.8 Å². The highest BCUT2D eigenvalue weighted by molar-refractivity contribution is 7.90. The van der Waals surface area contributed by atoms with Gasteiger partial charge in [-0.25, -0.2) is 0 Å². The predicted octanol–water partition coefficient (Wildman–Crippen LogP) is 0.324. The van der Waals surface area contributed by atoms with Gasteiger partial charge in [-0.15, -0.1) is 4.40 Å². The standard InChI is InChI=1S/C16H22N4O3S/c1-11-9-12(7-8-17-11)18-15(21)10-20(2)16-13-5-3-4-6-14(13)24(22,23)19-16/h3-6,11-12,17H,7-10H2,1-2H3,(H,18,21). The van der Waals surface area contributed by atoms with E-state index in [0.717, 1.165) is 19.4 Å². The molecule has 2 unspecified atom stereocenters. The predicted molar refractivity (Wildman–Crippen MR) is 91.4 cm³/mol. The summed E-state index contributed by atoms with van der Waals surface area (Å²) in [6.45, 7) is 3.06. The Balaban J connectivity index is 1.67. The summed E-state index contributed by atoms with van der Waals surface area (Å²) in [6, 6.07) is 7.22. The lowest BCUT2D eigenvalue weighted by Crippen LogP contribution is -2.49. The zero-order valence-electron chi connectivity index (χ0n) is 13.8. The molecule has 2 aliphatic rings. The molecule has 2 N–H and O–H groups in total. The van der Waals surface area contributed by atoms with Gasteiger partial charge in [0, 0.05) is 24.7 Å². The first kappa shape index (κ1) is 16.9. The second-order valence-corrected chi connectivity index (χ2v) is 7.96. The van der Waals surface area contributed by atoms with Crippen molar-refractivity contribution >= 4 is 21.8 Å². The maximum atomic E-state index is 12.3. The zero-order valence-corrected chi connectivity index (χ0v) is 14.6. The van der Waals surface area contributed by atoms with Crippen LogP contribution in [0, 0.1) is 0 Å². The number of sulfonamides is 1. The van der Waals surface area contributed by atoms with Crippen LogP contribution in [0.5, 0.6) is 0 Å². The van der Waals surface area contributed by atoms with E-state index in [4.69, 9.17) is 0 Å². The molecular formula is C16H22N4O3S. The highest BCUT2D eigenvalue weighted by Crippen LogP contribution is 2.26.